The maximum atomic E-state index is 12.1. The average molecular weight is 139 g/mol. The predicted octanol–water partition coefficient (Wildman–Crippen LogP) is 2.05. The first-order chi connectivity index (χ1) is 4.74. The molecule has 0 amide bonds. The van der Waals surface area contributed by atoms with Gasteiger partial charge in [0.25, 0.3) is 0 Å². The summed E-state index contributed by atoms with van der Waals surface area (Å²) in [6.45, 7) is 1.44. The maximum Gasteiger partial charge on any atom is 0.115 e. The molecule has 0 heterocycles. The lowest BCUT2D eigenvalue weighted by Gasteiger charge is -2.00. The van der Waals surface area contributed by atoms with E-state index < -0.39 is 6.67 Å². The number of rotatable bonds is 1. The van der Waals surface area contributed by atoms with Crippen molar-refractivity contribution < 1.29 is 4.39 Å². The molecule has 1 aromatic carbocycles. The van der Waals surface area contributed by atoms with Crippen LogP contribution < -0.4 is 5.73 Å². The minimum absolute atomic E-state index is 0.411. The Kier molecular flexibility index (Phi) is 1.90. The Hall–Kier alpha value is -1.05. The van der Waals surface area contributed by atoms with Crippen LogP contribution in [-0.2, 0) is 6.67 Å². The van der Waals surface area contributed by atoms with Crippen LogP contribution in [0.15, 0.2) is 18.2 Å². The lowest BCUT2D eigenvalue weighted by atomic mass is 10.1. The highest BCUT2D eigenvalue weighted by Crippen LogP contribution is 2.12. The van der Waals surface area contributed by atoms with E-state index in [9.17, 15) is 4.39 Å². The third-order valence-corrected chi connectivity index (χ3v) is 1.51. The highest BCUT2D eigenvalue weighted by molar-refractivity contribution is 5.43. The second kappa shape index (κ2) is 2.69. The van der Waals surface area contributed by atoms with E-state index in [1.807, 2.05) is 6.92 Å². The van der Waals surface area contributed by atoms with Gasteiger partial charge in [0, 0.05) is 5.69 Å². The van der Waals surface area contributed by atoms with Crippen LogP contribution in [0.2, 0.25) is 0 Å². The Morgan fingerprint density at radius 2 is 2.20 bits per heavy atom. The van der Waals surface area contributed by atoms with Crippen molar-refractivity contribution in [2.24, 2.45) is 0 Å². The molecule has 0 spiro atoms. The first-order valence-electron chi connectivity index (χ1n) is 3.15. The number of anilines is 1. The van der Waals surface area contributed by atoms with Crippen LogP contribution >= 0.6 is 0 Å². The molecule has 0 bridgehead atoms. The number of hydrogen-bond acceptors (Lipinski definition) is 1. The first-order valence-corrected chi connectivity index (χ1v) is 3.15. The van der Waals surface area contributed by atoms with Gasteiger partial charge in [0.2, 0.25) is 0 Å². The molecule has 0 unspecified atom stereocenters. The van der Waals surface area contributed by atoms with Gasteiger partial charge in [-0.3, -0.25) is 0 Å². The predicted molar refractivity (Wildman–Crippen MR) is 40.4 cm³/mol. The number of aryl methyl sites for hydroxylation is 1. The summed E-state index contributed by atoms with van der Waals surface area (Å²) in [5, 5.41) is 0. The summed E-state index contributed by atoms with van der Waals surface area (Å²) in [5.74, 6) is 0. The summed E-state index contributed by atoms with van der Waals surface area (Å²) in [4.78, 5) is 0. The van der Waals surface area contributed by atoms with Crippen LogP contribution in [0.5, 0.6) is 0 Å². The highest BCUT2D eigenvalue weighted by Gasteiger charge is 1.95. The van der Waals surface area contributed by atoms with E-state index in [2.05, 4.69) is 0 Å². The van der Waals surface area contributed by atoms with Crippen LogP contribution in [0.1, 0.15) is 11.1 Å². The summed E-state index contributed by atoms with van der Waals surface area (Å²) in [5.41, 5.74) is 7.79. The molecule has 0 saturated carbocycles. The van der Waals surface area contributed by atoms with Gasteiger partial charge in [-0.1, -0.05) is 6.07 Å². The minimum Gasteiger partial charge on any atom is -0.399 e. The SMILES string of the molecule is Cc1cc(N)ccc1CF. The second-order valence-corrected chi connectivity index (χ2v) is 2.32. The molecule has 0 aromatic heterocycles. The molecule has 0 saturated heterocycles. The Bertz CT molecular complexity index is 233. The van der Waals surface area contributed by atoms with E-state index in [4.69, 9.17) is 5.73 Å². The number of benzene rings is 1. The largest absolute Gasteiger partial charge is 0.399 e. The van der Waals surface area contributed by atoms with Crippen LogP contribution in [0.25, 0.3) is 0 Å². The average Bonchev–Trinajstić information content (AvgIpc) is 1.88. The van der Waals surface area contributed by atoms with Crippen molar-refractivity contribution >= 4 is 5.69 Å². The van der Waals surface area contributed by atoms with Crippen LogP contribution in [0.4, 0.5) is 10.1 Å². The quantitative estimate of drug-likeness (QED) is 0.592. The van der Waals surface area contributed by atoms with E-state index in [1.54, 1.807) is 18.2 Å². The third-order valence-electron chi connectivity index (χ3n) is 1.51. The summed E-state index contributed by atoms with van der Waals surface area (Å²) < 4.78 is 12.1. The smallest absolute Gasteiger partial charge is 0.115 e. The van der Waals surface area contributed by atoms with Crippen molar-refractivity contribution in [3.63, 3.8) is 0 Å². The fourth-order valence-electron chi connectivity index (χ4n) is 0.869. The van der Waals surface area contributed by atoms with Gasteiger partial charge in [-0.25, -0.2) is 4.39 Å². The fraction of sp³-hybridized carbons (Fsp3) is 0.250. The lowest BCUT2D eigenvalue weighted by Crippen LogP contribution is -1.89. The summed E-state index contributed by atoms with van der Waals surface area (Å²) >= 11 is 0. The second-order valence-electron chi connectivity index (χ2n) is 2.32. The standard InChI is InChI=1S/C8H10FN/c1-6-4-8(10)3-2-7(6)5-9/h2-4H,5,10H2,1H3. The Morgan fingerprint density at radius 1 is 1.50 bits per heavy atom. The van der Waals surface area contributed by atoms with E-state index in [0.29, 0.717) is 11.3 Å². The molecule has 0 fully saturated rings. The molecule has 10 heavy (non-hydrogen) atoms. The Morgan fingerprint density at radius 3 is 2.70 bits per heavy atom. The molecule has 0 aliphatic heterocycles. The molecule has 1 aromatic rings. The summed E-state index contributed by atoms with van der Waals surface area (Å²) in [7, 11) is 0. The topological polar surface area (TPSA) is 26.0 Å². The number of nitrogens with two attached hydrogens (primary N) is 1. The number of nitrogen functional groups attached to an aromatic ring is 1. The van der Waals surface area contributed by atoms with Gasteiger partial charge in [-0.15, -0.1) is 0 Å². The van der Waals surface area contributed by atoms with E-state index in [1.165, 1.54) is 0 Å². The molecule has 0 aliphatic rings. The van der Waals surface area contributed by atoms with Crippen molar-refractivity contribution in [3.05, 3.63) is 29.3 Å². The van der Waals surface area contributed by atoms with Crippen molar-refractivity contribution in [2.75, 3.05) is 5.73 Å². The van der Waals surface area contributed by atoms with E-state index in [0.717, 1.165) is 5.56 Å². The van der Waals surface area contributed by atoms with Gasteiger partial charge in [-0.2, -0.15) is 0 Å². The van der Waals surface area contributed by atoms with Gasteiger partial charge in [0.05, 0.1) is 0 Å². The third kappa shape index (κ3) is 1.26. The molecule has 0 atom stereocenters. The normalized spacial score (nSPS) is 9.80. The zero-order chi connectivity index (χ0) is 7.56. The van der Waals surface area contributed by atoms with E-state index >= 15 is 0 Å². The van der Waals surface area contributed by atoms with E-state index in [-0.39, 0.29) is 0 Å². The summed E-state index contributed by atoms with van der Waals surface area (Å²) in [6, 6.07) is 5.20. The molecule has 2 N–H and O–H groups in total. The molecular formula is C8H10FN. The molecule has 1 rings (SSSR count). The zero-order valence-electron chi connectivity index (χ0n) is 5.89. The number of alkyl halides is 1. The first kappa shape index (κ1) is 7.06. The lowest BCUT2D eigenvalue weighted by molar-refractivity contribution is 0.483. The van der Waals surface area contributed by atoms with Gasteiger partial charge >= 0.3 is 0 Å². The molecule has 0 aliphatic carbocycles. The molecule has 1 nitrogen and oxygen atoms in total. The molecular weight excluding hydrogens is 129 g/mol. The minimum atomic E-state index is -0.411. The van der Waals surface area contributed by atoms with Crippen molar-refractivity contribution in [1.29, 1.82) is 0 Å². The van der Waals surface area contributed by atoms with Crippen molar-refractivity contribution in [1.82, 2.24) is 0 Å². The summed E-state index contributed by atoms with van der Waals surface area (Å²) in [6.07, 6.45) is 0. The highest BCUT2D eigenvalue weighted by atomic mass is 19.1. The fourth-order valence-corrected chi connectivity index (χ4v) is 0.869. The molecule has 2 heteroatoms. The van der Waals surface area contributed by atoms with Gasteiger partial charge in [-0.05, 0) is 30.2 Å². The Balaban J connectivity index is 3.07. The van der Waals surface area contributed by atoms with Crippen LogP contribution in [0, 0.1) is 6.92 Å². The van der Waals surface area contributed by atoms with Crippen LogP contribution in [-0.4, -0.2) is 0 Å². The van der Waals surface area contributed by atoms with Gasteiger partial charge in [0.15, 0.2) is 0 Å². The molecule has 54 valence electrons. The zero-order valence-corrected chi connectivity index (χ0v) is 5.89. The molecule has 0 radical (unpaired) electrons. The van der Waals surface area contributed by atoms with Gasteiger partial charge in [0.1, 0.15) is 6.67 Å². The van der Waals surface area contributed by atoms with Crippen molar-refractivity contribution in [3.8, 4) is 0 Å². The van der Waals surface area contributed by atoms with Crippen LogP contribution in [0.3, 0.4) is 0 Å². The monoisotopic (exact) mass is 139 g/mol. The van der Waals surface area contributed by atoms with Crippen molar-refractivity contribution in [2.45, 2.75) is 13.6 Å². The number of hydrogen-bond donors (Lipinski definition) is 1. The van der Waals surface area contributed by atoms with Gasteiger partial charge < -0.3 is 5.73 Å². The Labute approximate surface area is 59.7 Å². The number of halogens is 1. The maximum absolute atomic E-state index is 12.1.